The molecule has 4 fully saturated rings. The number of nitrogens with zero attached hydrogens (tertiary/aromatic N) is 5. The van der Waals surface area contributed by atoms with E-state index in [1.807, 2.05) is 75.5 Å². The van der Waals surface area contributed by atoms with Gasteiger partial charge >= 0.3 is 18.5 Å². The topological polar surface area (TPSA) is 346 Å². The van der Waals surface area contributed by atoms with Crippen molar-refractivity contribution in [3.05, 3.63) is 122 Å². The van der Waals surface area contributed by atoms with Crippen molar-refractivity contribution >= 4 is 126 Å². The number of aliphatic hydroxyl groups is 5. The molecule has 3 atom stereocenters. The number of nitrogens with one attached hydrogen (secondary N) is 6. The van der Waals surface area contributed by atoms with Gasteiger partial charge in [0.25, 0.3) is 0 Å². The molecule has 112 heavy (non-hydrogen) atoms. The Morgan fingerprint density at radius 3 is 1.29 bits per heavy atom. The lowest BCUT2D eigenvalue weighted by Gasteiger charge is -2.33. The van der Waals surface area contributed by atoms with E-state index >= 15 is 0 Å². The van der Waals surface area contributed by atoms with Gasteiger partial charge in [0, 0.05) is 103 Å². The summed E-state index contributed by atoms with van der Waals surface area (Å²) in [6, 6.07) is 30.3. The number of benzene rings is 5. The van der Waals surface area contributed by atoms with Crippen molar-refractivity contribution in [1.29, 1.82) is 0 Å². The lowest BCUT2D eigenvalue weighted by atomic mass is 10.0. The van der Waals surface area contributed by atoms with Crippen LogP contribution in [-0.2, 0) is 44.4 Å². The number of methoxy groups -OCH3 is 2. The zero-order valence-electron chi connectivity index (χ0n) is 61.2. The van der Waals surface area contributed by atoms with E-state index in [0.29, 0.717) is 77.8 Å². The molecule has 8 aromatic rings. The number of rotatable bonds is 24. The number of hydrogen-bond acceptors (Lipinski definition) is 20. The van der Waals surface area contributed by atoms with Crippen LogP contribution in [0.15, 0.2) is 119 Å². The molecule has 0 amide bonds. The van der Waals surface area contributed by atoms with Crippen LogP contribution >= 0.6 is 45.2 Å². The van der Waals surface area contributed by atoms with Gasteiger partial charge in [-0.3, -0.25) is 0 Å². The number of likely N-dealkylation sites (tertiary alicyclic amines) is 2. The van der Waals surface area contributed by atoms with Crippen LogP contribution in [0.1, 0.15) is 44.2 Å². The molecule has 5 aromatic carbocycles. The Labute approximate surface area is 670 Å². The second-order valence-corrected chi connectivity index (χ2v) is 32.1. The number of aliphatic hydroxyl groups excluding tert-OH is 5. The number of β-amino-alcohol motifs (C(OH)–C–C–N with tert-alkyl or cyclic N) is 2. The van der Waals surface area contributed by atoms with E-state index in [1.54, 1.807) is 48.5 Å². The molecule has 0 bridgehead atoms. The fourth-order valence-electron chi connectivity index (χ4n) is 12.7. The summed E-state index contributed by atoms with van der Waals surface area (Å²) in [6.45, 7) is 3.48. The number of sulfonamides is 2. The van der Waals surface area contributed by atoms with Gasteiger partial charge in [-0.05, 0) is 182 Å². The maximum Gasteiger partial charge on any atom is 0.406 e. The second kappa shape index (κ2) is 41.3. The Hall–Kier alpha value is -7.27. The number of halogens is 11. The molecule has 3 aromatic heterocycles. The van der Waals surface area contributed by atoms with Crippen LogP contribution in [0.25, 0.3) is 32.7 Å². The number of nitrogens with two attached hydrogens (primary N) is 2. The molecular weight excluding hydrogens is 1750 g/mol. The Balaban J connectivity index is 0.000000194. The zero-order chi connectivity index (χ0) is 81.7. The Bertz CT molecular complexity index is 4740. The Morgan fingerprint density at radius 1 is 0.562 bits per heavy atom. The smallest absolute Gasteiger partial charge is 0.406 e. The number of piperidine rings is 3. The van der Waals surface area contributed by atoms with Crippen molar-refractivity contribution in [2.24, 2.45) is 10.3 Å². The summed E-state index contributed by atoms with van der Waals surface area (Å²) < 4.78 is 183. The number of terminal acetylenes is 1. The number of epoxide rings is 1. The molecule has 0 aliphatic carbocycles. The van der Waals surface area contributed by atoms with Crippen molar-refractivity contribution in [3.8, 4) is 35.7 Å². The highest BCUT2D eigenvalue weighted by Crippen LogP contribution is 2.37. The molecule has 12 rings (SSSR count). The molecule has 614 valence electrons. The third-order valence-corrected chi connectivity index (χ3v) is 21.9. The summed E-state index contributed by atoms with van der Waals surface area (Å²) in [5.74, 6) is 8.69. The average molecular weight is 1840 g/mol. The minimum atomic E-state index is -4.46. The summed E-state index contributed by atoms with van der Waals surface area (Å²) in [7, 11) is -4.84. The van der Waals surface area contributed by atoms with Gasteiger partial charge in [-0.2, -0.15) is 39.5 Å². The van der Waals surface area contributed by atoms with E-state index in [2.05, 4.69) is 64.2 Å². The summed E-state index contributed by atoms with van der Waals surface area (Å²) in [5, 5.41) is 77.4. The Kier molecular flexibility index (Phi) is 33.3. The molecule has 3 unspecified atom stereocenters. The van der Waals surface area contributed by atoms with E-state index in [9.17, 15) is 66.6 Å². The number of hydrogen-bond donors (Lipinski definition) is 13. The summed E-state index contributed by atoms with van der Waals surface area (Å²) in [5.41, 5.74) is 5.34. The monoisotopic (exact) mass is 1840 g/mol. The fourth-order valence-corrected chi connectivity index (χ4v) is 15.3. The van der Waals surface area contributed by atoms with Crippen LogP contribution in [0.3, 0.4) is 0 Å². The normalized spacial score (nSPS) is 16.7. The first-order valence-corrected chi connectivity index (χ1v) is 40.7. The van der Waals surface area contributed by atoms with E-state index in [-0.39, 0.29) is 65.8 Å². The van der Waals surface area contributed by atoms with Crippen LogP contribution in [0.5, 0.6) is 11.5 Å². The van der Waals surface area contributed by atoms with Crippen LogP contribution in [0, 0.1) is 31.6 Å². The van der Waals surface area contributed by atoms with E-state index < -0.39 is 70.4 Å². The van der Waals surface area contributed by atoms with Crippen LogP contribution in [0.4, 0.5) is 68.0 Å². The molecule has 25 nitrogen and oxygen atoms in total. The summed E-state index contributed by atoms with van der Waals surface area (Å²) in [6.07, 6.45) is -3.83. The standard InChI is InChI=1S/C28H34F3N5O5S.C18H23F3IN3O2.C15H17F3IN3.C10H12N2O3S.C3H6O2/c1-41-27-15-22(42(32,39)40)7-8-25(27)33-11-3-4-20-14-23-24(5-2-6-26(23)36(20)18-28(29,30)31)34-19-9-12-35(13-10-19)16-21(38)17-37;19-18(20,21)11-25-16-3-1-2-15(14(16)8-17(25)22)23-12-4-6-24(7-5-12)9-13(27)10-26;16-15(17,18)9-22-13-3-1-2-12(11(13)8-14(22)19)21-10-4-6-20-7-5-10;1-3-6-12-9-5-4-8(16(11,13)14)7-10(9)15-2;4-1-3-2-5-3/h2,5-8,14-15,19,21,33-34,37-38H,9-13,16-18H2,1H3,(H2,32,39,40);1-3,8,12-13,23,26-27H,4-7,9-11H2;1-3,8,10,20-21H,4-7,9H2;1,4-5,7,12H,6H2,2H3,(H2,11,13,14);3-4H,1-2H2. The van der Waals surface area contributed by atoms with Crippen molar-refractivity contribution in [1.82, 2.24) is 28.8 Å². The van der Waals surface area contributed by atoms with E-state index in [0.717, 1.165) is 111 Å². The van der Waals surface area contributed by atoms with Gasteiger partial charge in [-0.15, -0.1) is 6.42 Å². The largest absolute Gasteiger partial charge is 0.495 e. The highest BCUT2D eigenvalue weighted by atomic mass is 127. The molecular formula is C74H92F9I2N13O12S2. The predicted molar refractivity (Wildman–Crippen MR) is 430 cm³/mol. The van der Waals surface area contributed by atoms with Crippen molar-refractivity contribution in [3.63, 3.8) is 0 Å². The fraction of sp³-hybridized carbons (Fsp3) is 0.459. The van der Waals surface area contributed by atoms with Crippen molar-refractivity contribution in [2.75, 3.05) is 133 Å². The first-order chi connectivity index (χ1) is 53.0. The van der Waals surface area contributed by atoms with E-state index in [1.165, 1.54) is 53.7 Å². The van der Waals surface area contributed by atoms with Crippen LogP contribution in [0.2, 0.25) is 0 Å². The first-order valence-electron chi connectivity index (χ1n) is 35.5. The lowest BCUT2D eigenvalue weighted by molar-refractivity contribution is -0.141. The molecule has 7 heterocycles. The van der Waals surface area contributed by atoms with Gasteiger partial charge in [0.15, 0.2) is 0 Å². The molecule has 38 heteroatoms. The molecule has 0 radical (unpaired) electrons. The maximum atomic E-state index is 13.6. The number of fused-ring (bicyclic) bond motifs is 3. The maximum absolute atomic E-state index is 13.6. The number of aromatic nitrogens is 3. The number of ether oxygens (including phenoxy) is 3. The third kappa shape index (κ3) is 27.8. The quantitative estimate of drug-likeness (QED) is 0.0116. The van der Waals surface area contributed by atoms with Gasteiger partial charge in [0.1, 0.15) is 37.2 Å². The van der Waals surface area contributed by atoms with Crippen molar-refractivity contribution < 1.29 is 96.1 Å². The molecule has 4 aliphatic rings. The van der Waals surface area contributed by atoms with Crippen LogP contribution in [-0.4, -0.2) is 227 Å². The molecule has 4 aliphatic heterocycles. The van der Waals surface area contributed by atoms with Gasteiger partial charge in [0.2, 0.25) is 20.0 Å². The van der Waals surface area contributed by atoms with E-state index in [4.69, 9.17) is 41.5 Å². The number of alkyl halides is 9. The molecule has 15 N–H and O–H groups in total. The Morgan fingerprint density at radius 2 is 0.938 bits per heavy atom. The molecule has 4 saturated heterocycles. The lowest BCUT2D eigenvalue weighted by Crippen LogP contribution is -2.43. The first kappa shape index (κ1) is 90.3. The highest BCUT2D eigenvalue weighted by Gasteiger charge is 2.34. The number of anilines is 5. The molecule has 0 spiro atoms. The van der Waals surface area contributed by atoms with Gasteiger partial charge in [-0.1, -0.05) is 30.0 Å². The zero-order valence-corrected chi connectivity index (χ0v) is 67.1. The van der Waals surface area contributed by atoms with Crippen molar-refractivity contribution in [2.45, 2.75) is 123 Å². The van der Waals surface area contributed by atoms with Gasteiger partial charge in [-0.25, -0.2) is 27.1 Å². The predicted octanol–water partition coefficient (Wildman–Crippen LogP) is 9.33. The van der Waals surface area contributed by atoms with Gasteiger partial charge in [0.05, 0.1) is 117 Å². The SMILES string of the molecule is C#CCNc1ccc(S(N)(=O)=O)cc1OC.COc1cc(S(N)(=O)=O)ccc1NCC#Cc1cc2c(NC3CCN(CC(O)CO)CC3)cccc2n1CC(F)(F)F.FC(F)(F)Cn1c(I)cc2c(NC3CCNCC3)cccc21.OCC(O)CN1CCC(Nc2cccc3c2cc(I)n3CC(F)(F)F)CC1.OCC1CO1. The minimum absolute atomic E-state index is 0.00407. The number of primary sulfonamides is 2. The average Bonchev–Trinajstić information content (AvgIpc) is 1.68. The highest BCUT2D eigenvalue weighted by molar-refractivity contribution is 14.1. The summed E-state index contributed by atoms with van der Waals surface area (Å²) in [4.78, 5) is 4.06. The van der Waals surface area contributed by atoms with Crippen LogP contribution < -0.4 is 51.7 Å². The van der Waals surface area contributed by atoms with Gasteiger partial charge < -0.3 is 95.1 Å². The minimum Gasteiger partial charge on any atom is -0.495 e. The molecule has 0 saturated carbocycles. The summed E-state index contributed by atoms with van der Waals surface area (Å²) >= 11 is 3.91. The third-order valence-electron chi connectivity index (χ3n) is 18.3. The second-order valence-electron chi connectivity index (χ2n) is 26.7.